The molecule has 1 N–H and O–H groups in total. The Balaban J connectivity index is 0.000000963. The smallest absolute Gasteiger partial charge is 0.442 e. The van der Waals surface area contributed by atoms with E-state index >= 15 is 0 Å². The van der Waals surface area contributed by atoms with Gasteiger partial charge in [0.15, 0.2) is 5.70 Å². The van der Waals surface area contributed by atoms with Gasteiger partial charge in [0, 0.05) is 11.8 Å². The normalized spacial score (nSPS) is 35.8. The van der Waals surface area contributed by atoms with Crippen molar-refractivity contribution in [2.45, 2.75) is 12.6 Å². The first kappa shape index (κ1) is 12.2. The molecule has 0 saturated heterocycles. The lowest BCUT2D eigenvalue weighted by atomic mass is 10.1. The molecule has 1 saturated carbocycles. The molecule has 2 heterocycles. The third-order valence-corrected chi connectivity index (χ3v) is 3.13. The number of quaternary nitrogens is 1. The fraction of sp³-hybridized carbons (Fsp3) is 0.667. The average Bonchev–Trinajstić information content (AvgIpc) is 2.83. The van der Waals surface area contributed by atoms with Gasteiger partial charge in [0.25, 0.3) is 0 Å². The summed E-state index contributed by atoms with van der Waals surface area (Å²) in [5.41, 5.74) is -0.154. The molecule has 0 spiro atoms. The van der Waals surface area contributed by atoms with Crippen LogP contribution < -0.4 is 29.0 Å². The van der Waals surface area contributed by atoms with E-state index in [4.69, 9.17) is 4.74 Å². The monoisotopic (exact) mass is 346 g/mol. The number of hydrogen-bond donors (Lipinski definition) is 1. The van der Waals surface area contributed by atoms with Gasteiger partial charge in [-0.25, -0.2) is 0 Å². The highest BCUT2D eigenvalue weighted by Crippen LogP contribution is 2.48. The summed E-state index contributed by atoms with van der Waals surface area (Å²) in [7, 11) is 1.62. The molecule has 3 unspecified atom stereocenters. The largest absolute Gasteiger partial charge is 1.00 e. The van der Waals surface area contributed by atoms with Crippen molar-refractivity contribution in [3.8, 4) is 0 Å². The summed E-state index contributed by atoms with van der Waals surface area (Å²) < 4.78 is 42.9. The van der Waals surface area contributed by atoms with Gasteiger partial charge in [0.1, 0.15) is 0 Å². The Bertz CT molecular complexity index is 391. The molecule has 2 aliphatic heterocycles. The summed E-state index contributed by atoms with van der Waals surface area (Å²) in [6, 6.07) is 0. The summed E-state index contributed by atoms with van der Waals surface area (Å²) in [6.07, 6.45) is -3.46. The molecule has 0 bridgehead atoms. The number of hydrogen-bond acceptors (Lipinski definition) is 2. The SMILES string of the molecule is C[NH+]1N=C(C(F)(F)F)C2=C1C1CC1CO2.[I-]. The van der Waals surface area contributed by atoms with E-state index in [0.29, 0.717) is 23.2 Å². The van der Waals surface area contributed by atoms with Crippen molar-refractivity contribution in [3.05, 3.63) is 11.5 Å². The highest BCUT2D eigenvalue weighted by molar-refractivity contribution is 6.03. The van der Waals surface area contributed by atoms with Crippen molar-refractivity contribution in [2.24, 2.45) is 16.9 Å². The predicted molar refractivity (Wildman–Crippen MR) is 45.0 cm³/mol. The van der Waals surface area contributed by atoms with Gasteiger partial charge in [-0.2, -0.15) is 18.2 Å². The average molecular weight is 346 g/mol. The third-order valence-electron chi connectivity index (χ3n) is 3.13. The second kappa shape index (κ2) is 3.59. The summed E-state index contributed by atoms with van der Waals surface area (Å²) >= 11 is 0. The molecule has 90 valence electrons. The fourth-order valence-corrected chi connectivity index (χ4v) is 2.32. The van der Waals surface area contributed by atoms with Gasteiger partial charge in [0.05, 0.1) is 13.7 Å². The van der Waals surface area contributed by atoms with Gasteiger partial charge < -0.3 is 28.7 Å². The van der Waals surface area contributed by atoms with Crippen LogP contribution in [0.15, 0.2) is 16.6 Å². The Hall–Kier alpha value is -0.310. The van der Waals surface area contributed by atoms with Crippen LogP contribution in [0.4, 0.5) is 13.2 Å². The van der Waals surface area contributed by atoms with Crippen molar-refractivity contribution in [3.63, 3.8) is 0 Å². The lowest BCUT2D eigenvalue weighted by Crippen LogP contribution is -3.01. The second-order valence-electron chi connectivity index (χ2n) is 4.20. The highest BCUT2D eigenvalue weighted by Gasteiger charge is 2.57. The van der Waals surface area contributed by atoms with E-state index in [-0.39, 0.29) is 35.7 Å². The van der Waals surface area contributed by atoms with Crippen LogP contribution in [0.25, 0.3) is 0 Å². The lowest BCUT2D eigenvalue weighted by molar-refractivity contribution is -0.847. The molecule has 3 rings (SSSR count). The van der Waals surface area contributed by atoms with E-state index in [9.17, 15) is 13.2 Å². The fourth-order valence-electron chi connectivity index (χ4n) is 2.32. The molecule has 0 radical (unpaired) electrons. The number of allylic oxidation sites excluding steroid dienone is 2. The van der Waals surface area contributed by atoms with Gasteiger partial charge in [-0.3, -0.25) is 0 Å². The van der Waals surface area contributed by atoms with Crippen molar-refractivity contribution in [1.82, 2.24) is 0 Å². The van der Waals surface area contributed by atoms with Crippen molar-refractivity contribution in [2.75, 3.05) is 13.7 Å². The third kappa shape index (κ3) is 1.64. The van der Waals surface area contributed by atoms with E-state index in [1.54, 1.807) is 7.05 Å². The maximum Gasteiger partial charge on any atom is 0.442 e. The van der Waals surface area contributed by atoms with E-state index in [1.165, 1.54) is 0 Å². The van der Waals surface area contributed by atoms with Crippen LogP contribution >= 0.6 is 0 Å². The second-order valence-corrected chi connectivity index (χ2v) is 4.20. The zero-order valence-corrected chi connectivity index (χ0v) is 10.6. The zero-order valence-electron chi connectivity index (χ0n) is 8.44. The lowest BCUT2D eigenvalue weighted by Gasteiger charge is -2.15. The van der Waals surface area contributed by atoms with Crippen molar-refractivity contribution < 1.29 is 46.9 Å². The Labute approximate surface area is 107 Å². The number of halogens is 4. The predicted octanol–water partition coefficient (Wildman–Crippen LogP) is -2.69. The molecule has 3 aliphatic rings. The first-order valence-electron chi connectivity index (χ1n) is 4.85. The van der Waals surface area contributed by atoms with Gasteiger partial charge in [-0.05, 0) is 6.42 Å². The van der Waals surface area contributed by atoms with Crippen LogP contribution in [0.1, 0.15) is 6.42 Å². The molecule has 0 amide bonds. The van der Waals surface area contributed by atoms with Crippen LogP contribution in [-0.4, -0.2) is 25.5 Å². The van der Waals surface area contributed by atoms with Crippen LogP contribution in [0.5, 0.6) is 0 Å². The van der Waals surface area contributed by atoms with E-state index < -0.39 is 11.9 Å². The van der Waals surface area contributed by atoms with E-state index in [2.05, 4.69) is 5.10 Å². The molecular weight excluding hydrogens is 336 g/mol. The van der Waals surface area contributed by atoms with Gasteiger partial charge in [-0.1, -0.05) is 5.10 Å². The minimum atomic E-state index is -4.40. The van der Waals surface area contributed by atoms with Crippen molar-refractivity contribution >= 4 is 5.71 Å². The minimum Gasteiger partial charge on any atom is -1.00 e. The molecule has 0 aromatic heterocycles. The van der Waals surface area contributed by atoms with E-state index in [1.807, 2.05) is 0 Å². The van der Waals surface area contributed by atoms with Crippen LogP contribution in [-0.2, 0) is 4.74 Å². The molecule has 0 aromatic carbocycles. The molecule has 3 nitrogen and oxygen atoms in total. The first-order valence-corrected chi connectivity index (χ1v) is 4.85. The Morgan fingerprint density at radius 1 is 1.44 bits per heavy atom. The zero-order chi connectivity index (χ0) is 10.8. The van der Waals surface area contributed by atoms with Gasteiger partial charge >= 0.3 is 6.18 Å². The highest BCUT2D eigenvalue weighted by atomic mass is 127. The standard InChI is InChI=1S/C9H9F3N2O.HI/c1-14-6-5-2-4(5)3-15-7(6)8(13-14)9(10,11)12;/h4-5H,2-3H2,1H3;1H. The summed E-state index contributed by atoms with van der Waals surface area (Å²) in [5, 5.41) is 4.07. The molecule has 1 aliphatic carbocycles. The van der Waals surface area contributed by atoms with Crippen molar-refractivity contribution in [1.29, 1.82) is 0 Å². The number of nitrogens with zero attached hydrogens (tertiary/aromatic N) is 1. The number of nitrogens with one attached hydrogen (secondary N) is 1. The molecule has 7 heteroatoms. The first-order chi connectivity index (χ1) is 6.98. The Morgan fingerprint density at radius 3 is 2.75 bits per heavy atom. The maximum atomic E-state index is 12.6. The number of fused-ring (bicyclic) bond motifs is 2. The maximum absolute atomic E-state index is 12.6. The van der Waals surface area contributed by atoms with Gasteiger partial charge in [0.2, 0.25) is 11.5 Å². The summed E-state index contributed by atoms with van der Waals surface area (Å²) in [4.78, 5) is 0. The Morgan fingerprint density at radius 2 is 2.12 bits per heavy atom. The van der Waals surface area contributed by atoms with Gasteiger partial charge in [-0.15, -0.1) is 0 Å². The quantitative estimate of drug-likeness (QED) is 0.476. The molecular formula is C9H10F3IN2O. The molecule has 16 heavy (non-hydrogen) atoms. The summed E-state index contributed by atoms with van der Waals surface area (Å²) in [5.74, 6) is 0.664. The van der Waals surface area contributed by atoms with Crippen LogP contribution in [0.3, 0.4) is 0 Å². The molecule has 1 fully saturated rings. The molecule has 3 atom stereocenters. The Kier molecular flexibility index (Phi) is 2.73. The number of rotatable bonds is 0. The minimum absolute atomic E-state index is 0. The number of alkyl halides is 3. The van der Waals surface area contributed by atoms with E-state index in [0.717, 1.165) is 6.42 Å². The summed E-state index contributed by atoms with van der Waals surface area (Å²) in [6.45, 7) is 0.409. The van der Waals surface area contributed by atoms with Crippen LogP contribution in [0.2, 0.25) is 0 Å². The molecule has 0 aromatic rings. The van der Waals surface area contributed by atoms with Crippen LogP contribution in [0, 0.1) is 11.8 Å². The number of ether oxygens (including phenoxy) is 1. The topological polar surface area (TPSA) is 26.0 Å².